The van der Waals surface area contributed by atoms with Gasteiger partial charge < -0.3 is 15.4 Å². The first-order valence-corrected chi connectivity index (χ1v) is 9.66. The third-order valence-corrected chi connectivity index (χ3v) is 5.80. The molecule has 0 amide bonds. The molecule has 0 bridgehead atoms. The summed E-state index contributed by atoms with van der Waals surface area (Å²) in [7, 11) is 1.61. The summed E-state index contributed by atoms with van der Waals surface area (Å²) in [6.07, 6.45) is 0. The smallest absolute Gasteiger partial charge is 0.181 e. The average Bonchev–Trinajstić information content (AvgIpc) is 2.71. The quantitative estimate of drug-likeness (QED) is 0.738. The van der Waals surface area contributed by atoms with Crippen molar-refractivity contribution in [2.45, 2.75) is 11.8 Å². The molecule has 1 unspecified atom stereocenters. The maximum Gasteiger partial charge on any atom is 0.181 e. The highest BCUT2D eigenvalue weighted by atomic mass is 35.5. The lowest BCUT2D eigenvalue weighted by atomic mass is 10.0. The van der Waals surface area contributed by atoms with Gasteiger partial charge in [0, 0.05) is 17.1 Å². The van der Waals surface area contributed by atoms with Gasteiger partial charge in [-0.2, -0.15) is 5.26 Å². The number of ether oxygens (including phenoxy) is 1. The summed E-state index contributed by atoms with van der Waals surface area (Å²) in [4.78, 5) is 14.7. The Labute approximate surface area is 173 Å². The average molecular weight is 412 g/mol. The molecule has 0 aliphatic carbocycles. The molecule has 0 radical (unpaired) electrons. The molecule has 142 valence electrons. The number of benzene rings is 2. The van der Waals surface area contributed by atoms with Crippen LogP contribution in [-0.4, -0.2) is 23.0 Å². The summed E-state index contributed by atoms with van der Waals surface area (Å²) in [6.45, 7) is 4.49. The lowest BCUT2D eigenvalue weighted by molar-refractivity contribution is 0.0997. The van der Waals surface area contributed by atoms with Crippen molar-refractivity contribution in [1.82, 2.24) is 4.90 Å². The van der Waals surface area contributed by atoms with Crippen molar-refractivity contribution < 1.29 is 9.53 Å². The van der Waals surface area contributed by atoms with Gasteiger partial charge in [0.25, 0.3) is 0 Å². The van der Waals surface area contributed by atoms with Crippen LogP contribution in [0.3, 0.4) is 0 Å². The van der Waals surface area contributed by atoms with Crippen LogP contribution in [-0.2, 0) is 6.54 Å². The highest BCUT2D eigenvalue weighted by Gasteiger charge is 2.35. The first-order chi connectivity index (χ1) is 13.4. The molecule has 1 heterocycles. The lowest BCUT2D eigenvalue weighted by Gasteiger charge is -2.34. The fourth-order valence-electron chi connectivity index (χ4n) is 2.83. The number of ketones is 1. The van der Waals surface area contributed by atoms with E-state index in [1.165, 1.54) is 11.8 Å². The highest BCUT2D eigenvalue weighted by Crippen LogP contribution is 2.39. The van der Waals surface area contributed by atoms with E-state index in [1.54, 1.807) is 36.3 Å². The number of nitriles is 1. The van der Waals surface area contributed by atoms with Crippen molar-refractivity contribution in [2.24, 2.45) is 5.73 Å². The second-order valence-electron chi connectivity index (χ2n) is 6.11. The van der Waals surface area contributed by atoms with Gasteiger partial charge in [0.15, 0.2) is 5.78 Å². The maximum atomic E-state index is 12.9. The Bertz CT molecular complexity index is 978. The van der Waals surface area contributed by atoms with Crippen LogP contribution < -0.4 is 10.5 Å². The molecule has 3 rings (SSSR count). The third-order valence-electron chi connectivity index (χ3n) is 4.37. The van der Waals surface area contributed by atoms with Crippen molar-refractivity contribution in [3.05, 3.63) is 87.7 Å². The number of carbonyl (C=O) groups excluding carboxylic acids is 1. The molecule has 1 aliphatic heterocycles. The van der Waals surface area contributed by atoms with Gasteiger partial charge in [-0.3, -0.25) is 4.79 Å². The second-order valence-corrected chi connectivity index (χ2v) is 7.72. The van der Waals surface area contributed by atoms with Crippen LogP contribution in [0.1, 0.15) is 15.9 Å². The Morgan fingerprint density at radius 2 is 1.93 bits per heavy atom. The number of methoxy groups -OCH3 is 1. The van der Waals surface area contributed by atoms with Crippen LogP contribution >= 0.6 is 23.4 Å². The zero-order chi connectivity index (χ0) is 20.3. The Morgan fingerprint density at radius 1 is 1.29 bits per heavy atom. The normalized spacial score (nSPS) is 16.7. The van der Waals surface area contributed by atoms with Gasteiger partial charge in [0.2, 0.25) is 0 Å². The second kappa shape index (κ2) is 8.42. The molecule has 28 heavy (non-hydrogen) atoms. The molecule has 0 aromatic heterocycles. The molecule has 2 aromatic rings. The highest BCUT2D eigenvalue weighted by molar-refractivity contribution is 8.04. The SMILES string of the molecule is C=C1SC(C(=O)c2ccc(Cl)cc2)C(C#N)=C(N)N1Cc1ccc(OC)cc1. The molecule has 2 aromatic carbocycles. The molecule has 0 saturated heterocycles. The first-order valence-electron chi connectivity index (χ1n) is 8.40. The Morgan fingerprint density at radius 3 is 2.50 bits per heavy atom. The van der Waals surface area contributed by atoms with E-state index in [4.69, 9.17) is 22.1 Å². The largest absolute Gasteiger partial charge is 0.497 e. The zero-order valence-electron chi connectivity index (χ0n) is 15.2. The summed E-state index contributed by atoms with van der Waals surface area (Å²) >= 11 is 7.12. The van der Waals surface area contributed by atoms with Crippen LogP contribution in [0.2, 0.25) is 5.02 Å². The maximum absolute atomic E-state index is 12.9. The van der Waals surface area contributed by atoms with Crippen LogP contribution in [0.25, 0.3) is 0 Å². The standard InChI is InChI=1S/C21H18ClN3O2S/c1-13-25(12-14-3-9-17(27-2)10-4-14)21(24)18(11-23)20(28-13)19(26)15-5-7-16(22)8-6-15/h3-10,20H,1,12,24H2,2H3. The van der Waals surface area contributed by atoms with Crippen molar-refractivity contribution in [3.63, 3.8) is 0 Å². The number of Topliss-reactive ketones (excluding diaryl/α,β-unsaturated/α-hetero) is 1. The minimum absolute atomic E-state index is 0.202. The number of nitrogens with zero attached hydrogens (tertiary/aromatic N) is 2. The van der Waals surface area contributed by atoms with Crippen molar-refractivity contribution in [1.29, 1.82) is 5.26 Å². The van der Waals surface area contributed by atoms with E-state index in [9.17, 15) is 10.1 Å². The molecular weight excluding hydrogens is 394 g/mol. The number of hydrogen-bond acceptors (Lipinski definition) is 6. The summed E-state index contributed by atoms with van der Waals surface area (Å²) in [5.74, 6) is 0.797. The number of nitrogens with two attached hydrogens (primary N) is 1. The molecule has 0 fully saturated rings. The lowest BCUT2D eigenvalue weighted by Crippen LogP contribution is -2.36. The molecule has 7 heteroatoms. The van der Waals surface area contributed by atoms with Gasteiger partial charge >= 0.3 is 0 Å². The van der Waals surface area contributed by atoms with E-state index in [-0.39, 0.29) is 17.2 Å². The number of carbonyl (C=O) groups is 1. The Hall–Kier alpha value is -2.88. The fraction of sp³-hybridized carbons (Fsp3) is 0.143. The van der Waals surface area contributed by atoms with E-state index >= 15 is 0 Å². The Kier molecular flexibility index (Phi) is 5.98. The third kappa shape index (κ3) is 4.01. The Balaban J connectivity index is 1.88. The van der Waals surface area contributed by atoms with Gasteiger partial charge in [-0.1, -0.05) is 42.1 Å². The summed E-state index contributed by atoms with van der Waals surface area (Å²) in [6, 6.07) is 16.2. The summed E-state index contributed by atoms with van der Waals surface area (Å²) in [5, 5.41) is 10.1. The molecule has 0 saturated carbocycles. The first kappa shape index (κ1) is 19.9. The number of rotatable bonds is 5. The van der Waals surface area contributed by atoms with Gasteiger partial charge in [-0.05, 0) is 42.0 Å². The van der Waals surface area contributed by atoms with Crippen LogP contribution in [0.4, 0.5) is 0 Å². The van der Waals surface area contributed by atoms with Crippen LogP contribution in [0.15, 0.2) is 71.5 Å². The van der Waals surface area contributed by atoms with E-state index in [0.29, 0.717) is 22.2 Å². The minimum Gasteiger partial charge on any atom is -0.497 e. The van der Waals surface area contributed by atoms with Gasteiger partial charge in [-0.15, -0.1) is 0 Å². The van der Waals surface area contributed by atoms with E-state index in [2.05, 4.69) is 12.6 Å². The summed E-state index contributed by atoms with van der Waals surface area (Å²) in [5.41, 5.74) is 7.95. The van der Waals surface area contributed by atoms with E-state index in [0.717, 1.165) is 11.3 Å². The van der Waals surface area contributed by atoms with Gasteiger partial charge in [0.1, 0.15) is 22.9 Å². The fourth-order valence-corrected chi connectivity index (χ4v) is 4.05. The van der Waals surface area contributed by atoms with Gasteiger partial charge in [0.05, 0.1) is 17.7 Å². The van der Waals surface area contributed by atoms with Crippen molar-refractivity contribution in [2.75, 3.05) is 7.11 Å². The zero-order valence-corrected chi connectivity index (χ0v) is 16.8. The molecule has 1 aliphatic rings. The number of halogens is 1. The van der Waals surface area contributed by atoms with E-state index in [1.807, 2.05) is 24.3 Å². The predicted molar refractivity (Wildman–Crippen MR) is 112 cm³/mol. The molecule has 2 N–H and O–H groups in total. The summed E-state index contributed by atoms with van der Waals surface area (Å²) < 4.78 is 5.17. The van der Waals surface area contributed by atoms with Crippen LogP contribution in [0, 0.1) is 11.3 Å². The predicted octanol–water partition coefficient (Wildman–Crippen LogP) is 4.31. The minimum atomic E-state index is -0.731. The molecule has 5 nitrogen and oxygen atoms in total. The van der Waals surface area contributed by atoms with Crippen molar-refractivity contribution >= 4 is 29.1 Å². The number of thioether (sulfide) groups is 1. The van der Waals surface area contributed by atoms with Gasteiger partial charge in [-0.25, -0.2) is 0 Å². The topological polar surface area (TPSA) is 79.3 Å². The van der Waals surface area contributed by atoms with Crippen molar-refractivity contribution in [3.8, 4) is 11.8 Å². The molecule has 1 atom stereocenters. The van der Waals surface area contributed by atoms with Crippen LogP contribution in [0.5, 0.6) is 5.75 Å². The molecular formula is C21H18ClN3O2S. The number of hydrogen-bond donors (Lipinski definition) is 1. The monoisotopic (exact) mass is 411 g/mol. The van der Waals surface area contributed by atoms with E-state index < -0.39 is 5.25 Å². The molecule has 0 spiro atoms.